The van der Waals surface area contributed by atoms with Gasteiger partial charge in [0, 0.05) is 18.1 Å². The van der Waals surface area contributed by atoms with Gasteiger partial charge in [0.25, 0.3) is 0 Å². The first-order chi connectivity index (χ1) is 10.7. The van der Waals surface area contributed by atoms with Crippen LogP contribution in [0, 0.1) is 5.92 Å². The van der Waals surface area contributed by atoms with Gasteiger partial charge in [-0.2, -0.15) is 4.31 Å². The molecule has 2 rings (SSSR count). The fourth-order valence-corrected chi connectivity index (χ4v) is 5.40. The van der Waals surface area contributed by atoms with Gasteiger partial charge in [-0.3, -0.25) is 18.2 Å². The topological polar surface area (TPSA) is 73.2 Å². The van der Waals surface area contributed by atoms with Crippen LogP contribution < -0.4 is 4.31 Å². The molecule has 1 aromatic rings. The number of esters is 1. The zero-order valence-electron chi connectivity index (χ0n) is 12.5. The second-order valence-corrected chi connectivity index (χ2v) is 8.46. The smallest absolute Gasteiger partial charge is 0.321 e. The molecule has 0 amide bonds. The van der Waals surface area contributed by atoms with E-state index >= 15 is 0 Å². The van der Waals surface area contributed by atoms with Crippen LogP contribution in [0.4, 0.5) is 5.69 Å². The van der Waals surface area contributed by atoms with Crippen LogP contribution in [0.5, 0.6) is 0 Å². The van der Waals surface area contributed by atoms with Crippen molar-refractivity contribution in [2.45, 2.75) is 6.92 Å². The van der Waals surface area contributed by atoms with Crippen LogP contribution in [0.2, 0.25) is 15.1 Å². The Morgan fingerprint density at radius 2 is 1.87 bits per heavy atom. The van der Waals surface area contributed by atoms with E-state index in [1.165, 1.54) is 27.9 Å². The number of rotatable bonds is 3. The number of anilines is 1. The molecule has 1 heterocycles. The Morgan fingerprint density at radius 3 is 2.39 bits per heavy atom. The maximum Gasteiger partial charge on any atom is 0.321 e. The van der Waals surface area contributed by atoms with E-state index in [9.17, 15) is 13.9 Å². The number of methoxy groups -OCH3 is 1. The van der Waals surface area contributed by atoms with Crippen LogP contribution in [0.15, 0.2) is 12.1 Å². The highest BCUT2D eigenvalue weighted by molar-refractivity contribution is 8.23. The van der Waals surface area contributed by atoms with Gasteiger partial charge in [0.2, 0.25) is 0 Å². The molecule has 0 spiro atoms. The van der Waals surface area contributed by atoms with Crippen molar-refractivity contribution >= 4 is 57.4 Å². The van der Waals surface area contributed by atoms with Crippen molar-refractivity contribution in [3.8, 4) is 0 Å². The molecule has 2 N–H and O–H groups in total. The Bertz CT molecular complexity index is 594. The number of halogens is 3. The van der Waals surface area contributed by atoms with Gasteiger partial charge in [0.1, 0.15) is 6.54 Å². The summed E-state index contributed by atoms with van der Waals surface area (Å²) in [5.74, 6) is -0.519. The predicted octanol–water partition coefficient (Wildman–Crippen LogP) is 4.16. The molecular weight excluding hydrogens is 387 g/mol. The minimum Gasteiger partial charge on any atom is -0.468 e. The Labute approximate surface area is 151 Å². The summed E-state index contributed by atoms with van der Waals surface area (Å²) < 4.78 is 28.5. The SMILES string of the molecule is COC(=O)CN1CC(C)CN(c2c(Cl)cc(Cl)cc2Cl)S1(O)O. The third-order valence-electron chi connectivity index (χ3n) is 3.40. The Balaban J connectivity index is 2.43. The second-order valence-electron chi connectivity index (χ2n) is 5.27. The molecule has 1 aromatic carbocycles. The molecule has 0 radical (unpaired) electrons. The van der Waals surface area contributed by atoms with E-state index in [0.717, 1.165) is 0 Å². The lowest BCUT2D eigenvalue weighted by Gasteiger charge is -2.55. The fourth-order valence-electron chi connectivity index (χ4n) is 2.37. The van der Waals surface area contributed by atoms with Gasteiger partial charge < -0.3 is 4.74 Å². The van der Waals surface area contributed by atoms with Crippen LogP contribution in [-0.4, -0.2) is 46.1 Å². The van der Waals surface area contributed by atoms with Gasteiger partial charge in [-0.25, -0.2) is 0 Å². The molecule has 1 aliphatic heterocycles. The number of hydrogen-bond donors (Lipinski definition) is 2. The van der Waals surface area contributed by atoms with Crippen molar-refractivity contribution in [2.75, 3.05) is 31.0 Å². The molecule has 1 aliphatic rings. The molecular formula is C13H17Cl3N2O4S. The van der Waals surface area contributed by atoms with E-state index in [2.05, 4.69) is 4.74 Å². The summed E-state index contributed by atoms with van der Waals surface area (Å²) in [6, 6.07) is 2.95. The first-order valence-electron chi connectivity index (χ1n) is 6.69. The van der Waals surface area contributed by atoms with E-state index in [0.29, 0.717) is 18.1 Å². The Morgan fingerprint density at radius 1 is 1.30 bits per heavy atom. The van der Waals surface area contributed by atoms with Crippen molar-refractivity contribution in [1.29, 1.82) is 0 Å². The summed E-state index contributed by atoms with van der Waals surface area (Å²) in [6.07, 6.45) is 0. The predicted molar refractivity (Wildman–Crippen MR) is 94.4 cm³/mol. The fraction of sp³-hybridized carbons (Fsp3) is 0.462. The van der Waals surface area contributed by atoms with Crippen LogP contribution in [0.25, 0.3) is 0 Å². The summed E-state index contributed by atoms with van der Waals surface area (Å²) in [5, 5.41) is 0.751. The van der Waals surface area contributed by atoms with Crippen molar-refractivity contribution in [2.24, 2.45) is 5.92 Å². The van der Waals surface area contributed by atoms with Gasteiger partial charge in [0.15, 0.2) is 0 Å². The minimum atomic E-state index is -3.46. The number of hydrogen-bond acceptors (Lipinski definition) is 6. The van der Waals surface area contributed by atoms with Crippen molar-refractivity contribution in [1.82, 2.24) is 4.31 Å². The third-order valence-corrected chi connectivity index (χ3v) is 6.09. The van der Waals surface area contributed by atoms with Crippen LogP contribution in [0.1, 0.15) is 6.92 Å². The van der Waals surface area contributed by atoms with E-state index in [-0.39, 0.29) is 28.2 Å². The summed E-state index contributed by atoms with van der Waals surface area (Å²) in [4.78, 5) is 11.5. The molecule has 1 fully saturated rings. The van der Waals surface area contributed by atoms with E-state index in [1.807, 2.05) is 6.92 Å². The van der Waals surface area contributed by atoms with Gasteiger partial charge >= 0.3 is 5.97 Å². The first-order valence-corrected chi connectivity index (χ1v) is 9.28. The highest BCUT2D eigenvalue weighted by Gasteiger charge is 2.40. The third kappa shape index (κ3) is 3.99. The molecule has 23 heavy (non-hydrogen) atoms. The molecule has 1 unspecified atom stereocenters. The molecule has 6 nitrogen and oxygen atoms in total. The maximum atomic E-state index is 11.5. The van der Waals surface area contributed by atoms with Crippen molar-refractivity contribution in [3.05, 3.63) is 27.2 Å². The summed E-state index contributed by atoms with van der Waals surface area (Å²) in [7, 11) is -2.22. The quantitative estimate of drug-likeness (QED) is 0.738. The van der Waals surface area contributed by atoms with Gasteiger partial charge in [-0.05, 0) is 29.0 Å². The highest BCUT2D eigenvalue weighted by atomic mass is 35.5. The average Bonchev–Trinajstić information content (AvgIpc) is 2.42. The van der Waals surface area contributed by atoms with Gasteiger partial charge in [-0.1, -0.05) is 41.7 Å². The Hall–Kier alpha value is -0.410. The second kappa shape index (κ2) is 7.23. The summed E-state index contributed by atoms with van der Waals surface area (Å²) in [5.41, 5.74) is 0.277. The Kier molecular flexibility index (Phi) is 5.94. The lowest BCUT2D eigenvalue weighted by Crippen LogP contribution is -2.51. The molecule has 1 saturated heterocycles. The van der Waals surface area contributed by atoms with E-state index in [4.69, 9.17) is 34.8 Å². The highest BCUT2D eigenvalue weighted by Crippen LogP contribution is 2.55. The molecule has 0 aromatic heterocycles. The molecule has 1 atom stereocenters. The number of carbonyl (C=O) groups is 1. The minimum absolute atomic E-state index is 0.0439. The van der Waals surface area contributed by atoms with Gasteiger partial charge in [-0.15, -0.1) is 0 Å². The standard InChI is InChI=1S/C13H17Cl3N2O4S/c1-8-5-17(7-12(19)22-2)23(20,21)18(6-8)13-10(15)3-9(14)4-11(13)16/h3-4,8,20-21H,5-7H2,1-2H3. The first kappa shape index (κ1) is 18.9. The van der Waals surface area contributed by atoms with Crippen molar-refractivity contribution < 1.29 is 18.6 Å². The van der Waals surface area contributed by atoms with Crippen LogP contribution in [-0.2, 0) is 9.53 Å². The zero-order valence-corrected chi connectivity index (χ0v) is 15.6. The molecule has 10 heteroatoms. The number of carbonyl (C=O) groups excluding carboxylic acids is 1. The van der Waals surface area contributed by atoms with Crippen LogP contribution in [0.3, 0.4) is 0 Å². The number of benzene rings is 1. The molecule has 130 valence electrons. The normalized spacial score (nSPS) is 22.7. The number of ether oxygens (including phenoxy) is 1. The number of nitrogens with zero attached hydrogens (tertiary/aromatic N) is 2. The molecule has 0 saturated carbocycles. The zero-order chi connectivity index (χ0) is 17.4. The lowest BCUT2D eigenvalue weighted by atomic mass is 10.1. The van der Waals surface area contributed by atoms with E-state index in [1.54, 1.807) is 0 Å². The van der Waals surface area contributed by atoms with Crippen molar-refractivity contribution in [3.63, 3.8) is 0 Å². The van der Waals surface area contributed by atoms with Crippen LogP contribution >= 0.6 is 45.8 Å². The van der Waals surface area contributed by atoms with E-state index < -0.39 is 16.9 Å². The average molecular weight is 404 g/mol. The monoisotopic (exact) mass is 402 g/mol. The summed E-state index contributed by atoms with van der Waals surface area (Å²) >= 11 is 18.3. The largest absolute Gasteiger partial charge is 0.468 e. The lowest BCUT2D eigenvalue weighted by molar-refractivity contribution is -0.141. The maximum absolute atomic E-state index is 11.5. The molecule has 0 bridgehead atoms. The van der Waals surface area contributed by atoms with Gasteiger partial charge in [0.05, 0.1) is 22.8 Å². The summed E-state index contributed by atoms with van der Waals surface area (Å²) in [6.45, 7) is 2.32. The molecule has 0 aliphatic carbocycles.